The minimum absolute atomic E-state index is 0.0469. The lowest BCUT2D eigenvalue weighted by Crippen LogP contribution is -2.12. The smallest absolute Gasteiger partial charge is 0.125 e. The number of nitrogens with one attached hydrogen (secondary N) is 1. The third-order valence-electron chi connectivity index (χ3n) is 3.15. The van der Waals surface area contributed by atoms with Gasteiger partial charge in [-0.2, -0.15) is 0 Å². The van der Waals surface area contributed by atoms with E-state index in [0.29, 0.717) is 22.2 Å². The maximum atomic E-state index is 7.49. The fraction of sp³-hybridized carbons (Fsp3) is 0.188. The van der Waals surface area contributed by atoms with E-state index in [0.717, 1.165) is 22.4 Å². The van der Waals surface area contributed by atoms with Gasteiger partial charge in [0, 0.05) is 21.2 Å². The summed E-state index contributed by atoms with van der Waals surface area (Å²) in [5, 5.41) is 8.74. The number of hydrogen-bond acceptors (Lipinski definition) is 2. The van der Waals surface area contributed by atoms with Gasteiger partial charge in [0.05, 0.1) is 0 Å². The molecule has 0 heterocycles. The van der Waals surface area contributed by atoms with Crippen molar-refractivity contribution in [1.82, 2.24) is 0 Å². The average molecular weight is 323 g/mol. The van der Waals surface area contributed by atoms with Crippen LogP contribution < -0.4 is 10.5 Å². The number of hydrogen-bond donors (Lipinski definition) is 2. The topological polar surface area (TPSA) is 59.1 Å². The summed E-state index contributed by atoms with van der Waals surface area (Å²) in [7, 11) is 0. The van der Waals surface area contributed by atoms with E-state index in [1.165, 1.54) is 0 Å². The van der Waals surface area contributed by atoms with Crippen molar-refractivity contribution in [2.45, 2.75) is 20.5 Å². The van der Waals surface area contributed by atoms with E-state index < -0.39 is 0 Å². The van der Waals surface area contributed by atoms with E-state index in [1.54, 1.807) is 18.2 Å². The highest BCUT2D eigenvalue weighted by Crippen LogP contribution is 2.27. The molecule has 0 atom stereocenters. The molecule has 0 amide bonds. The molecular weight excluding hydrogens is 307 g/mol. The quantitative estimate of drug-likeness (QED) is 0.644. The predicted octanol–water partition coefficient (Wildman–Crippen LogP) is 4.47. The number of halogens is 2. The molecule has 3 N–H and O–H groups in total. The molecule has 0 aliphatic carbocycles. The van der Waals surface area contributed by atoms with Gasteiger partial charge in [-0.15, -0.1) is 0 Å². The van der Waals surface area contributed by atoms with Gasteiger partial charge in [0.25, 0.3) is 0 Å². The van der Waals surface area contributed by atoms with Crippen LogP contribution in [0.3, 0.4) is 0 Å². The fourth-order valence-corrected chi connectivity index (χ4v) is 2.50. The third-order valence-corrected chi connectivity index (χ3v) is 3.75. The fourth-order valence-electron chi connectivity index (χ4n) is 2.14. The summed E-state index contributed by atoms with van der Waals surface area (Å²) in [6.07, 6.45) is 0. The SMILES string of the molecule is Cc1cc(C(=N)N)cc(C)c1OCc1cc(Cl)ccc1Cl. The van der Waals surface area contributed by atoms with E-state index in [2.05, 4.69) is 0 Å². The van der Waals surface area contributed by atoms with Gasteiger partial charge in [-0.3, -0.25) is 5.41 Å². The Kier molecular flexibility index (Phi) is 4.76. The molecule has 2 rings (SSSR count). The maximum Gasteiger partial charge on any atom is 0.125 e. The van der Waals surface area contributed by atoms with Crippen molar-refractivity contribution in [2.24, 2.45) is 5.73 Å². The van der Waals surface area contributed by atoms with Crippen molar-refractivity contribution in [1.29, 1.82) is 5.41 Å². The second-order valence-corrected chi connectivity index (χ2v) is 5.72. The molecular formula is C16H16Cl2N2O. The Hall–Kier alpha value is -1.71. The molecule has 3 nitrogen and oxygen atoms in total. The van der Waals surface area contributed by atoms with Crippen molar-refractivity contribution in [3.63, 3.8) is 0 Å². The molecule has 0 aromatic heterocycles. The van der Waals surface area contributed by atoms with Crippen LogP contribution in [-0.4, -0.2) is 5.84 Å². The van der Waals surface area contributed by atoms with Crippen LogP contribution in [-0.2, 0) is 6.61 Å². The molecule has 0 spiro atoms. The van der Waals surface area contributed by atoms with Crippen molar-refractivity contribution >= 4 is 29.0 Å². The Morgan fingerprint density at radius 2 is 1.76 bits per heavy atom. The van der Waals surface area contributed by atoms with Crippen LogP contribution in [0.4, 0.5) is 0 Å². The van der Waals surface area contributed by atoms with Crippen LogP contribution in [0, 0.1) is 19.3 Å². The van der Waals surface area contributed by atoms with E-state index in [9.17, 15) is 0 Å². The molecule has 0 saturated heterocycles. The number of ether oxygens (including phenoxy) is 1. The normalized spacial score (nSPS) is 10.5. The van der Waals surface area contributed by atoms with Gasteiger partial charge in [-0.25, -0.2) is 0 Å². The Morgan fingerprint density at radius 1 is 1.14 bits per heavy atom. The minimum atomic E-state index is 0.0469. The second-order valence-electron chi connectivity index (χ2n) is 4.88. The summed E-state index contributed by atoms with van der Waals surface area (Å²) in [4.78, 5) is 0. The average Bonchev–Trinajstić information content (AvgIpc) is 2.41. The molecule has 2 aromatic carbocycles. The van der Waals surface area contributed by atoms with Gasteiger partial charge in [-0.1, -0.05) is 23.2 Å². The van der Waals surface area contributed by atoms with Crippen LogP contribution in [0.25, 0.3) is 0 Å². The first kappa shape index (κ1) is 15.7. The Morgan fingerprint density at radius 3 is 2.33 bits per heavy atom. The largest absolute Gasteiger partial charge is 0.488 e. The van der Waals surface area contributed by atoms with Gasteiger partial charge in [0.1, 0.15) is 18.2 Å². The molecule has 5 heteroatoms. The molecule has 2 aromatic rings. The lowest BCUT2D eigenvalue weighted by Gasteiger charge is -2.14. The lowest BCUT2D eigenvalue weighted by atomic mass is 10.1. The van der Waals surface area contributed by atoms with Crippen molar-refractivity contribution in [2.75, 3.05) is 0 Å². The van der Waals surface area contributed by atoms with E-state index in [1.807, 2.05) is 26.0 Å². The maximum absolute atomic E-state index is 7.49. The first-order chi connectivity index (χ1) is 9.88. The number of aryl methyl sites for hydroxylation is 2. The number of rotatable bonds is 4. The van der Waals surface area contributed by atoms with Crippen LogP contribution in [0.1, 0.15) is 22.3 Å². The lowest BCUT2D eigenvalue weighted by molar-refractivity contribution is 0.302. The Balaban J connectivity index is 2.24. The van der Waals surface area contributed by atoms with E-state index in [-0.39, 0.29) is 5.84 Å². The highest BCUT2D eigenvalue weighted by molar-refractivity contribution is 6.33. The summed E-state index contributed by atoms with van der Waals surface area (Å²) in [6, 6.07) is 8.96. The summed E-state index contributed by atoms with van der Waals surface area (Å²) in [5.41, 5.74) is 8.90. The molecule has 0 aliphatic rings. The van der Waals surface area contributed by atoms with E-state index >= 15 is 0 Å². The van der Waals surface area contributed by atoms with Crippen LogP contribution in [0.5, 0.6) is 5.75 Å². The highest BCUT2D eigenvalue weighted by Gasteiger charge is 2.09. The first-order valence-corrected chi connectivity index (χ1v) is 7.16. The Bertz CT molecular complexity index is 676. The molecule has 110 valence electrons. The van der Waals surface area contributed by atoms with Gasteiger partial charge in [0.2, 0.25) is 0 Å². The zero-order valence-corrected chi connectivity index (χ0v) is 13.3. The second kappa shape index (κ2) is 6.37. The standard InChI is InChI=1S/C16H16Cl2N2O/c1-9-5-11(16(19)20)6-10(2)15(9)21-8-12-7-13(17)3-4-14(12)18/h3-7H,8H2,1-2H3,(H3,19,20). The summed E-state index contributed by atoms with van der Waals surface area (Å²) in [6.45, 7) is 4.18. The van der Waals surface area contributed by atoms with Gasteiger partial charge in [-0.05, 0) is 55.3 Å². The van der Waals surface area contributed by atoms with Crippen molar-refractivity contribution in [3.05, 3.63) is 62.6 Å². The van der Waals surface area contributed by atoms with Gasteiger partial charge < -0.3 is 10.5 Å². The molecule has 0 fully saturated rings. The van der Waals surface area contributed by atoms with Crippen LogP contribution >= 0.6 is 23.2 Å². The first-order valence-electron chi connectivity index (χ1n) is 6.41. The number of benzene rings is 2. The zero-order valence-electron chi connectivity index (χ0n) is 11.8. The molecule has 0 aliphatic heterocycles. The highest BCUT2D eigenvalue weighted by atomic mass is 35.5. The zero-order chi connectivity index (χ0) is 15.6. The Labute approximate surface area is 134 Å². The van der Waals surface area contributed by atoms with Crippen molar-refractivity contribution in [3.8, 4) is 5.75 Å². The molecule has 0 unspecified atom stereocenters. The summed E-state index contributed by atoms with van der Waals surface area (Å²) < 4.78 is 5.87. The molecule has 0 radical (unpaired) electrons. The molecule has 0 bridgehead atoms. The summed E-state index contributed by atoms with van der Waals surface area (Å²) in [5.74, 6) is 0.821. The molecule has 0 saturated carbocycles. The predicted molar refractivity (Wildman–Crippen MR) is 87.7 cm³/mol. The molecule has 21 heavy (non-hydrogen) atoms. The summed E-state index contributed by atoms with van der Waals surface area (Å²) >= 11 is 12.1. The third kappa shape index (κ3) is 3.69. The number of nitrogen functional groups attached to an aromatic ring is 1. The van der Waals surface area contributed by atoms with Gasteiger partial charge >= 0.3 is 0 Å². The minimum Gasteiger partial charge on any atom is -0.488 e. The van der Waals surface area contributed by atoms with Crippen LogP contribution in [0.2, 0.25) is 10.0 Å². The van der Waals surface area contributed by atoms with Gasteiger partial charge in [0.15, 0.2) is 0 Å². The number of amidine groups is 1. The van der Waals surface area contributed by atoms with Crippen molar-refractivity contribution < 1.29 is 4.74 Å². The van der Waals surface area contributed by atoms with Crippen LogP contribution in [0.15, 0.2) is 30.3 Å². The number of nitrogens with two attached hydrogens (primary N) is 1. The van der Waals surface area contributed by atoms with E-state index in [4.69, 9.17) is 39.1 Å². The monoisotopic (exact) mass is 322 g/mol.